The Morgan fingerprint density at radius 1 is 1.22 bits per heavy atom. The largest absolute Gasteiger partial charge is 0.430 e. The number of benzene rings is 1. The van der Waals surface area contributed by atoms with Crippen LogP contribution in [0.4, 0.5) is 0 Å². The maximum Gasteiger partial charge on any atom is 0.347 e. The SMILES string of the molecule is CC(=O)Oc1cccc2c(C(C)=O)coc(=O)c12. The van der Waals surface area contributed by atoms with E-state index in [4.69, 9.17) is 9.15 Å². The summed E-state index contributed by atoms with van der Waals surface area (Å²) in [5.41, 5.74) is -0.370. The van der Waals surface area contributed by atoms with Crippen LogP contribution in [0, 0.1) is 0 Å². The van der Waals surface area contributed by atoms with Gasteiger partial charge in [-0.1, -0.05) is 12.1 Å². The highest BCUT2D eigenvalue weighted by Crippen LogP contribution is 2.25. The number of ketones is 1. The molecule has 92 valence electrons. The third kappa shape index (κ3) is 2.02. The van der Waals surface area contributed by atoms with Crippen LogP contribution in [0.15, 0.2) is 33.7 Å². The summed E-state index contributed by atoms with van der Waals surface area (Å²) in [7, 11) is 0. The maximum absolute atomic E-state index is 11.7. The Kier molecular flexibility index (Phi) is 2.97. The van der Waals surface area contributed by atoms with Crippen molar-refractivity contribution in [2.45, 2.75) is 13.8 Å². The molecule has 2 rings (SSSR count). The third-order valence-electron chi connectivity index (χ3n) is 2.44. The normalized spacial score (nSPS) is 10.3. The van der Waals surface area contributed by atoms with E-state index in [9.17, 15) is 14.4 Å². The van der Waals surface area contributed by atoms with Gasteiger partial charge in [0.05, 0.1) is 5.56 Å². The van der Waals surface area contributed by atoms with Crippen LogP contribution in [-0.2, 0) is 4.79 Å². The molecule has 5 nitrogen and oxygen atoms in total. The first-order chi connectivity index (χ1) is 8.50. The summed E-state index contributed by atoms with van der Waals surface area (Å²) in [4.78, 5) is 34.1. The minimum absolute atomic E-state index is 0.0943. The van der Waals surface area contributed by atoms with E-state index in [1.54, 1.807) is 12.1 Å². The summed E-state index contributed by atoms with van der Waals surface area (Å²) >= 11 is 0. The predicted molar refractivity (Wildman–Crippen MR) is 63.8 cm³/mol. The summed E-state index contributed by atoms with van der Waals surface area (Å²) < 4.78 is 9.72. The topological polar surface area (TPSA) is 73.6 Å². The van der Waals surface area contributed by atoms with Gasteiger partial charge in [0.1, 0.15) is 17.4 Å². The van der Waals surface area contributed by atoms with Crippen molar-refractivity contribution in [2.24, 2.45) is 0 Å². The fourth-order valence-corrected chi connectivity index (χ4v) is 1.71. The van der Waals surface area contributed by atoms with E-state index in [-0.39, 0.29) is 22.5 Å². The summed E-state index contributed by atoms with van der Waals surface area (Å²) in [5, 5.41) is 0.512. The highest BCUT2D eigenvalue weighted by atomic mass is 16.5. The first kappa shape index (κ1) is 12.0. The molecule has 1 heterocycles. The second-order valence-electron chi connectivity index (χ2n) is 3.77. The third-order valence-corrected chi connectivity index (χ3v) is 2.44. The zero-order valence-corrected chi connectivity index (χ0v) is 9.85. The Hall–Kier alpha value is -2.43. The summed E-state index contributed by atoms with van der Waals surface area (Å²) in [6.45, 7) is 2.60. The van der Waals surface area contributed by atoms with Crippen LogP contribution in [0.3, 0.4) is 0 Å². The summed E-state index contributed by atoms with van der Waals surface area (Å²) in [5.74, 6) is -0.685. The molecule has 1 aromatic heterocycles. The number of hydrogen-bond donors (Lipinski definition) is 0. The van der Waals surface area contributed by atoms with Crippen LogP contribution in [0.25, 0.3) is 10.8 Å². The lowest BCUT2D eigenvalue weighted by Gasteiger charge is -2.06. The van der Waals surface area contributed by atoms with E-state index < -0.39 is 11.6 Å². The predicted octanol–water partition coefficient (Wildman–Crippen LogP) is 1.92. The molecule has 0 amide bonds. The van der Waals surface area contributed by atoms with Gasteiger partial charge in [0, 0.05) is 12.3 Å². The molecule has 0 saturated heterocycles. The number of carbonyl (C=O) groups excluding carboxylic acids is 2. The second-order valence-corrected chi connectivity index (χ2v) is 3.77. The fraction of sp³-hybridized carbons (Fsp3) is 0.154. The van der Waals surface area contributed by atoms with Gasteiger partial charge in [0.15, 0.2) is 5.78 Å². The van der Waals surface area contributed by atoms with Gasteiger partial charge in [-0.3, -0.25) is 9.59 Å². The monoisotopic (exact) mass is 246 g/mol. The number of ether oxygens (including phenoxy) is 1. The molecule has 2 aromatic rings. The van der Waals surface area contributed by atoms with Crippen molar-refractivity contribution < 1.29 is 18.7 Å². The summed E-state index contributed by atoms with van der Waals surface area (Å²) in [6, 6.07) is 4.69. The summed E-state index contributed by atoms with van der Waals surface area (Å²) in [6.07, 6.45) is 1.12. The van der Waals surface area contributed by atoms with E-state index in [0.29, 0.717) is 5.39 Å². The zero-order valence-electron chi connectivity index (χ0n) is 9.85. The van der Waals surface area contributed by atoms with E-state index in [1.165, 1.54) is 19.9 Å². The average molecular weight is 246 g/mol. The van der Waals surface area contributed by atoms with Crippen LogP contribution < -0.4 is 10.4 Å². The lowest BCUT2D eigenvalue weighted by Crippen LogP contribution is -2.08. The molecule has 0 radical (unpaired) electrons. The molecular weight excluding hydrogens is 236 g/mol. The lowest BCUT2D eigenvalue weighted by atomic mass is 10.1. The van der Waals surface area contributed by atoms with Gasteiger partial charge in [-0.05, 0) is 13.0 Å². The molecule has 0 atom stereocenters. The van der Waals surface area contributed by atoms with E-state index in [1.807, 2.05) is 0 Å². The molecule has 0 fully saturated rings. The first-order valence-electron chi connectivity index (χ1n) is 5.24. The minimum atomic E-state index is -0.646. The van der Waals surface area contributed by atoms with Crippen LogP contribution in [0.2, 0.25) is 0 Å². The highest BCUT2D eigenvalue weighted by molar-refractivity contribution is 6.07. The minimum Gasteiger partial charge on any atom is -0.430 e. The molecule has 0 aliphatic rings. The molecule has 0 aliphatic carbocycles. The standard InChI is InChI=1S/C13H10O5/c1-7(14)10-6-17-13(16)12-9(10)4-3-5-11(12)18-8(2)15/h3-6H,1-2H3. The van der Waals surface area contributed by atoms with Crippen molar-refractivity contribution in [3.8, 4) is 5.75 Å². The van der Waals surface area contributed by atoms with Crippen LogP contribution in [0.5, 0.6) is 5.75 Å². The lowest BCUT2D eigenvalue weighted by molar-refractivity contribution is -0.131. The van der Waals surface area contributed by atoms with Gasteiger partial charge in [-0.2, -0.15) is 0 Å². The maximum atomic E-state index is 11.7. The van der Waals surface area contributed by atoms with E-state index in [2.05, 4.69) is 0 Å². The number of Topliss-reactive ketones (excluding diaryl/α,β-unsaturated/α-hetero) is 1. The number of hydrogen-bond acceptors (Lipinski definition) is 5. The zero-order chi connectivity index (χ0) is 13.3. The Morgan fingerprint density at radius 2 is 1.94 bits per heavy atom. The number of fused-ring (bicyclic) bond motifs is 1. The average Bonchev–Trinajstić information content (AvgIpc) is 2.28. The number of carbonyl (C=O) groups is 2. The Bertz CT molecular complexity index is 696. The van der Waals surface area contributed by atoms with Crippen molar-refractivity contribution in [1.82, 2.24) is 0 Å². The molecule has 18 heavy (non-hydrogen) atoms. The van der Waals surface area contributed by atoms with Gasteiger partial charge in [-0.25, -0.2) is 4.79 Å². The number of esters is 1. The van der Waals surface area contributed by atoms with Crippen molar-refractivity contribution in [2.75, 3.05) is 0 Å². The van der Waals surface area contributed by atoms with E-state index in [0.717, 1.165) is 6.26 Å². The van der Waals surface area contributed by atoms with Crippen LogP contribution >= 0.6 is 0 Å². The Labute approximate surface area is 102 Å². The van der Waals surface area contributed by atoms with Gasteiger partial charge in [0.2, 0.25) is 0 Å². The van der Waals surface area contributed by atoms with Crippen molar-refractivity contribution in [3.05, 3.63) is 40.4 Å². The molecule has 5 heteroatoms. The van der Waals surface area contributed by atoms with Gasteiger partial charge < -0.3 is 9.15 Å². The molecule has 0 bridgehead atoms. The van der Waals surface area contributed by atoms with Crippen molar-refractivity contribution in [3.63, 3.8) is 0 Å². The highest BCUT2D eigenvalue weighted by Gasteiger charge is 2.14. The van der Waals surface area contributed by atoms with Gasteiger partial charge in [-0.15, -0.1) is 0 Å². The quantitative estimate of drug-likeness (QED) is 0.459. The number of rotatable bonds is 2. The molecule has 1 aromatic carbocycles. The van der Waals surface area contributed by atoms with Crippen LogP contribution in [-0.4, -0.2) is 11.8 Å². The van der Waals surface area contributed by atoms with E-state index >= 15 is 0 Å². The smallest absolute Gasteiger partial charge is 0.347 e. The molecule has 0 aliphatic heterocycles. The van der Waals surface area contributed by atoms with Crippen molar-refractivity contribution in [1.29, 1.82) is 0 Å². The molecule has 0 spiro atoms. The van der Waals surface area contributed by atoms with Gasteiger partial charge >= 0.3 is 11.6 Å². The Balaban J connectivity index is 2.84. The van der Waals surface area contributed by atoms with Gasteiger partial charge in [0.25, 0.3) is 0 Å². The molecule has 0 saturated carbocycles. The Morgan fingerprint density at radius 3 is 2.56 bits per heavy atom. The molecule has 0 unspecified atom stereocenters. The van der Waals surface area contributed by atoms with Crippen LogP contribution in [0.1, 0.15) is 24.2 Å². The molecular formula is C13H10O5. The second kappa shape index (κ2) is 4.44. The fourth-order valence-electron chi connectivity index (χ4n) is 1.71. The van der Waals surface area contributed by atoms with Crippen molar-refractivity contribution >= 4 is 22.5 Å². The first-order valence-corrected chi connectivity index (χ1v) is 5.24. The molecule has 0 N–H and O–H groups in total.